The summed E-state index contributed by atoms with van der Waals surface area (Å²) in [4.78, 5) is 12.1. The summed E-state index contributed by atoms with van der Waals surface area (Å²) in [6.45, 7) is 0.846. The van der Waals surface area contributed by atoms with Crippen molar-refractivity contribution in [1.29, 1.82) is 0 Å². The van der Waals surface area contributed by atoms with Crippen molar-refractivity contribution in [1.82, 2.24) is 20.3 Å². The average molecular weight is 399 g/mol. The largest absolute Gasteiger partial charge is 0.346 e. The van der Waals surface area contributed by atoms with Crippen LogP contribution in [0.1, 0.15) is 50.0 Å². The Morgan fingerprint density at radius 1 is 1.07 bits per heavy atom. The number of nitrogens with zero attached hydrogens (tertiary/aromatic N) is 2. The first-order valence-corrected chi connectivity index (χ1v) is 12.0. The van der Waals surface area contributed by atoms with Gasteiger partial charge in [-0.15, -0.1) is 0 Å². The van der Waals surface area contributed by atoms with E-state index in [1.165, 1.54) is 18.4 Å². The fourth-order valence-electron chi connectivity index (χ4n) is 4.60. The summed E-state index contributed by atoms with van der Waals surface area (Å²) in [6, 6.07) is 4.16. The number of hydrogen-bond donors (Lipinski definition) is 2. The Balaban J connectivity index is 1.33. The smallest absolute Gasteiger partial charge is 0.166 e. The van der Waals surface area contributed by atoms with E-state index in [0.717, 1.165) is 54.2 Å². The van der Waals surface area contributed by atoms with Crippen LogP contribution >= 0.6 is 0 Å². The highest BCUT2D eigenvalue weighted by molar-refractivity contribution is 7.91. The number of sulfone groups is 1. The molecule has 0 amide bonds. The fraction of sp³-hybridized carbons (Fsp3) is 0.524. The Morgan fingerprint density at radius 2 is 1.89 bits per heavy atom. The van der Waals surface area contributed by atoms with Crippen molar-refractivity contribution < 1.29 is 8.42 Å². The van der Waals surface area contributed by atoms with E-state index >= 15 is 0 Å². The van der Waals surface area contributed by atoms with E-state index in [-0.39, 0.29) is 11.1 Å². The first-order chi connectivity index (χ1) is 13.6. The molecule has 0 saturated heterocycles. The monoisotopic (exact) mass is 398 g/mol. The van der Waals surface area contributed by atoms with Crippen molar-refractivity contribution in [2.24, 2.45) is 5.92 Å². The Kier molecular flexibility index (Phi) is 4.59. The van der Waals surface area contributed by atoms with Crippen LogP contribution in [0.5, 0.6) is 0 Å². The zero-order valence-electron chi connectivity index (χ0n) is 15.9. The molecule has 5 rings (SSSR count). The topological polar surface area (TPSA) is 87.7 Å². The molecule has 0 radical (unpaired) electrons. The molecule has 0 unspecified atom stereocenters. The normalized spacial score (nSPS) is 23.4. The molecule has 0 bridgehead atoms. The SMILES string of the molecule is O=S(=O)(CNCC1CC1)C1CCC(c2ccnc3cnc4[nH]ccc4c23)CC1. The van der Waals surface area contributed by atoms with Gasteiger partial charge < -0.3 is 10.3 Å². The van der Waals surface area contributed by atoms with Crippen molar-refractivity contribution in [3.8, 4) is 0 Å². The lowest BCUT2D eigenvalue weighted by molar-refractivity contribution is 0.435. The standard InChI is InChI=1S/C21H26N4O2S/c26-28(27,13-22-11-14-1-2-14)16-5-3-15(4-6-16)17-7-9-23-19-12-25-21-18(20(17)19)8-10-24-21/h7-10,12,14-16,22H,1-6,11,13H2,(H,24,25). The summed E-state index contributed by atoms with van der Waals surface area (Å²) < 4.78 is 25.4. The molecule has 2 fully saturated rings. The first-order valence-electron chi connectivity index (χ1n) is 10.2. The molecular weight excluding hydrogens is 372 g/mol. The minimum absolute atomic E-state index is 0.132. The second kappa shape index (κ2) is 7.12. The summed E-state index contributed by atoms with van der Waals surface area (Å²) >= 11 is 0. The first kappa shape index (κ1) is 18.1. The summed E-state index contributed by atoms with van der Waals surface area (Å²) in [5.41, 5.74) is 3.06. The van der Waals surface area contributed by atoms with Gasteiger partial charge in [0.25, 0.3) is 0 Å². The van der Waals surface area contributed by atoms with E-state index < -0.39 is 9.84 Å². The van der Waals surface area contributed by atoms with Gasteiger partial charge in [-0.1, -0.05) is 0 Å². The molecule has 0 spiro atoms. The van der Waals surface area contributed by atoms with Crippen molar-refractivity contribution in [2.45, 2.75) is 49.7 Å². The van der Waals surface area contributed by atoms with E-state index in [1.807, 2.05) is 18.6 Å². The maximum atomic E-state index is 12.7. The van der Waals surface area contributed by atoms with Crippen LogP contribution in [-0.2, 0) is 9.84 Å². The van der Waals surface area contributed by atoms with Crippen molar-refractivity contribution in [3.05, 3.63) is 36.3 Å². The number of H-pyrrole nitrogens is 1. The molecular formula is C21H26N4O2S. The molecule has 3 heterocycles. The Morgan fingerprint density at radius 3 is 2.68 bits per heavy atom. The number of nitrogens with one attached hydrogen (secondary N) is 2. The van der Waals surface area contributed by atoms with Gasteiger partial charge in [0.15, 0.2) is 9.84 Å². The summed E-state index contributed by atoms with van der Waals surface area (Å²) in [6.07, 6.45) is 11.3. The van der Waals surface area contributed by atoms with Gasteiger partial charge in [0, 0.05) is 23.2 Å². The van der Waals surface area contributed by atoms with Gasteiger partial charge in [0.1, 0.15) is 5.65 Å². The number of pyridine rings is 2. The molecule has 2 saturated carbocycles. The molecule has 0 atom stereocenters. The average Bonchev–Trinajstić information content (AvgIpc) is 3.40. The van der Waals surface area contributed by atoms with Crippen molar-refractivity contribution in [2.75, 3.05) is 12.4 Å². The van der Waals surface area contributed by atoms with Crippen LogP contribution in [0.2, 0.25) is 0 Å². The molecule has 0 aromatic carbocycles. The van der Waals surface area contributed by atoms with Gasteiger partial charge in [-0.05, 0) is 74.6 Å². The molecule has 28 heavy (non-hydrogen) atoms. The molecule has 148 valence electrons. The van der Waals surface area contributed by atoms with E-state index in [0.29, 0.717) is 11.8 Å². The maximum Gasteiger partial charge on any atom is 0.166 e. The molecule has 6 nitrogen and oxygen atoms in total. The van der Waals surface area contributed by atoms with Crippen LogP contribution in [0, 0.1) is 5.92 Å². The van der Waals surface area contributed by atoms with Crippen LogP contribution in [0.25, 0.3) is 21.9 Å². The molecule has 3 aromatic heterocycles. The zero-order chi connectivity index (χ0) is 19.1. The van der Waals surface area contributed by atoms with Crippen molar-refractivity contribution in [3.63, 3.8) is 0 Å². The van der Waals surface area contributed by atoms with Crippen LogP contribution in [0.3, 0.4) is 0 Å². The lowest BCUT2D eigenvalue weighted by Gasteiger charge is -2.29. The minimum atomic E-state index is -3.06. The van der Waals surface area contributed by atoms with Gasteiger partial charge in [0.05, 0.1) is 22.8 Å². The number of aromatic amines is 1. The summed E-state index contributed by atoms with van der Waals surface area (Å²) in [5, 5.41) is 5.21. The number of hydrogen-bond acceptors (Lipinski definition) is 5. The predicted molar refractivity (Wildman–Crippen MR) is 111 cm³/mol. The third-order valence-electron chi connectivity index (χ3n) is 6.38. The molecule has 0 aliphatic heterocycles. The maximum absolute atomic E-state index is 12.7. The third kappa shape index (κ3) is 3.42. The number of rotatable bonds is 6. The van der Waals surface area contributed by atoms with Crippen LogP contribution < -0.4 is 5.32 Å². The van der Waals surface area contributed by atoms with Gasteiger partial charge in [0.2, 0.25) is 0 Å². The molecule has 3 aromatic rings. The summed E-state index contributed by atoms with van der Waals surface area (Å²) in [7, 11) is -3.06. The summed E-state index contributed by atoms with van der Waals surface area (Å²) in [5.74, 6) is 1.20. The zero-order valence-corrected chi connectivity index (χ0v) is 16.7. The molecule has 2 N–H and O–H groups in total. The van der Waals surface area contributed by atoms with Gasteiger partial charge >= 0.3 is 0 Å². The molecule has 7 heteroatoms. The Labute approximate surface area is 165 Å². The van der Waals surface area contributed by atoms with E-state index in [1.54, 1.807) is 0 Å². The Hall–Kier alpha value is -1.99. The van der Waals surface area contributed by atoms with Crippen molar-refractivity contribution >= 4 is 31.8 Å². The van der Waals surface area contributed by atoms with Gasteiger partial charge in [-0.2, -0.15) is 0 Å². The second-order valence-corrected chi connectivity index (χ2v) is 10.6. The van der Waals surface area contributed by atoms with Crippen LogP contribution in [0.15, 0.2) is 30.7 Å². The predicted octanol–water partition coefficient (Wildman–Crippen LogP) is 3.51. The van der Waals surface area contributed by atoms with Crippen LogP contribution in [-0.4, -0.2) is 41.0 Å². The van der Waals surface area contributed by atoms with E-state index in [2.05, 4.69) is 32.4 Å². The molecule has 2 aliphatic rings. The van der Waals surface area contributed by atoms with Crippen LogP contribution in [0.4, 0.5) is 0 Å². The Bertz CT molecular complexity index is 1100. The lowest BCUT2D eigenvalue weighted by Crippen LogP contribution is -2.34. The van der Waals surface area contributed by atoms with Gasteiger partial charge in [-0.3, -0.25) is 4.98 Å². The second-order valence-electron chi connectivity index (χ2n) is 8.34. The highest BCUT2D eigenvalue weighted by Gasteiger charge is 2.32. The minimum Gasteiger partial charge on any atom is -0.346 e. The highest BCUT2D eigenvalue weighted by atomic mass is 32.2. The lowest BCUT2D eigenvalue weighted by atomic mass is 9.82. The number of aromatic nitrogens is 3. The number of fused-ring (bicyclic) bond motifs is 3. The van der Waals surface area contributed by atoms with Gasteiger partial charge in [-0.25, -0.2) is 13.4 Å². The molecule has 2 aliphatic carbocycles. The van der Waals surface area contributed by atoms with E-state index in [9.17, 15) is 8.42 Å². The quantitative estimate of drug-likeness (QED) is 0.663. The van der Waals surface area contributed by atoms with E-state index in [4.69, 9.17) is 0 Å². The highest BCUT2D eigenvalue weighted by Crippen LogP contribution is 2.39. The third-order valence-corrected chi connectivity index (χ3v) is 8.47. The fourth-order valence-corrected chi connectivity index (χ4v) is 6.23.